The summed E-state index contributed by atoms with van der Waals surface area (Å²) < 4.78 is 0. The molecule has 1 aromatic carbocycles. The highest BCUT2D eigenvalue weighted by molar-refractivity contribution is 5.85. The summed E-state index contributed by atoms with van der Waals surface area (Å²) >= 11 is 0. The van der Waals surface area contributed by atoms with Gasteiger partial charge in [-0.1, -0.05) is 30.4 Å². The van der Waals surface area contributed by atoms with Crippen molar-refractivity contribution in [2.75, 3.05) is 19.6 Å². The smallest absolute Gasteiger partial charge is 0.0456 e. The van der Waals surface area contributed by atoms with Crippen LogP contribution >= 0.6 is 12.4 Å². The second-order valence-corrected chi connectivity index (χ2v) is 5.38. The zero-order valence-corrected chi connectivity index (χ0v) is 12.7. The van der Waals surface area contributed by atoms with Gasteiger partial charge in [0.15, 0.2) is 0 Å². The molecule has 1 N–H and O–H groups in total. The minimum absolute atomic E-state index is 0. The van der Waals surface area contributed by atoms with Crippen molar-refractivity contribution in [1.29, 1.82) is 0 Å². The first-order valence-electron chi connectivity index (χ1n) is 7.36. The standard InChI is InChI=1S/C17H22N2.ClH/c1-5-11-19(12-6-1)13-7-4-8-15-14-18-17-10-3-2-9-16(15)17;/h1-3,5,9-10,14,18H,4,6-8,11-13H2;1H. The van der Waals surface area contributed by atoms with Crippen molar-refractivity contribution in [1.82, 2.24) is 9.88 Å². The first-order chi connectivity index (χ1) is 9.43. The summed E-state index contributed by atoms with van der Waals surface area (Å²) in [5.74, 6) is 0. The average Bonchev–Trinajstić information content (AvgIpc) is 2.88. The number of nitrogens with one attached hydrogen (secondary N) is 1. The highest BCUT2D eigenvalue weighted by Crippen LogP contribution is 2.19. The number of hydrogen-bond acceptors (Lipinski definition) is 1. The van der Waals surface area contributed by atoms with Gasteiger partial charge in [-0.2, -0.15) is 0 Å². The second-order valence-electron chi connectivity index (χ2n) is 5.38. The van der Waals surface area contributed by atoms with Crippen LogP contribution in [0, 0.1) is 0 Å². The summed E-state index contributed by atoms with van der Waals surface area (Å²) in [6.07, 6.45) is 11.8. The zero-order valence-electron chi connectivity index (χ0n) is 11.8. The molecular formula is C17H23ClN2. The molecule has 0 unspecified atom stereocenters. The van der Waals surface area contributed by atoms with Gasteiger partial charge in [-0.25, -0.2) is 0 Å². The van der Waals surface area contributed by atoms with Crippen molar-refractivity contribution in [3.63, 3.8) is 0 Å². The molecule has 0 saturated carbocycles. The number of rotatable bonds is 5. The molecule has 1 aliphatic heterocycles. The van der Waals surface area contributed by atoms with E-state index in [1.165, 1.54) is 55.2 Å². The van der Waals surface area contributed by atoms with Gasteiger partial charge in [0, 0.05) is 30.2 Å². The van der Waals surface area contributed by atoms with E-state index in [0.29, 0.717) is 0 Å². The topological polar surface area (TPSA) is 19.0 Å². The molecule has 0 amide bonds. The lowest BCUT2D eigenvalue weighted by molar-refractivity contribution is 0.292. The molecule has 2 aromatic rings. The van der Waals surface area contributed by atoms with E-state index >= 15 is 0 Å². The van der Waals surface area contributed by atoms with E-state index in [9.17, 15) is 0 Å². The lowest BCUT2D eigenvalue weighted by atomic mass is 10.1. The molecule has 108 valence electrons. The third-order valence-corrected chi connectivity index (χ3v) is 3.99. The fourth-order valence-corrected chi connectivity index (χ4v) is 2.88. The van der Waals surface area contributed by atoms with Gasteiger partial charge in [0.05, 0.1) is 0 Å². The van der Waals surface area contributed by atoms with Crippen molar-refractivity contribution in [3.8, 4) is 0 Å². The number of benzene rings is 1. The number of halogens is 1. The lowest BCUT2D eigenvalue weighted by Gasteiger charge is -2.22. The highest BCUT2D eigenvalue weighted by Gasteiger charge is 2.06. The van der Waals surface area contributed by atoms with Crippen LogP contribution in [0.4, 0.5) is 0 Å². The number of nitrogens with zero attached hydrogens (tertiary/aromatic N) is 1. The Morgan fingerprint density at radius 3 is 2.85 bits per heavy atom. The molecule has 20 heavy (non-hydrogen) atoms. The van der Waals surface area contributed by atoms with Crippen LogP contribution < -0.4 is 0 Å². The summed E-state index contributed by atoms with van der Waals surface area (Å²) in [5, 5.41) is 1.39. The second kappa shape index (κ2) is 7.51. The number of unbranched alkanes of at least 4 members (excludes halogenated alkanes) is 1. The number of aromatic nitrogens is 1. The molecule has 1 aromatic heterocycles. The van der Waals surface area contributed by atoms with Crippen LogP contribution in [-0.4, -0.2) is 29.5 Å². The highest BCUT2D eigenvalue weighted by atomic mass is 35.5. The predicted molar refractivity (Wildman–Crippen MR) is 88.7 cm³/mol. The molecule has 3 heteroatoms. The summed E-state index contributed by atoms with van der Waals surface area (Å²) in [5.41, 5.74) is 2.73. The molecule has 0 radical (unpaired) electrons. The zero-order chi connectivity index (χ0) is 12.9. The molecule has 0 bridgehead atoms. The van der Waals surface area contributed by atoms with Gasteiger partial charge < -0.3 is 4.98 Å². The maximum atomic E-state index is 3.36. The number of hydrogen-bond donors (Lipinski definition) is 1. The van der Waals surface area contributed by atoms with E-state index in [-0.39, 0.29) is 12.4 Å². The Bertz CT molecular complexity index is 559. The Hall–Kier alpha value is -1.25. The van der Waals surface area contributed by atoms with E-state index in [1.54, 1.807) is 0 Å². The van der Waals surface area contributed by atoms with Crippen LogP contribution in [0.1, 0.15) is 24.8 Å². The van der Waals surface area contributed by atoms with Crippen LogP contribution in [0.3, 0.4) is 0 Å². The van der Waals surface area contributed by atoms with Crippen LogP contribution in [0.2, 0.25) is 0 Å². The van der Waals surface area contributed by atoms with Crippen molar-refractivity contribution < 1.29 is 0 Å². The van der Waals surface area contributed by atoms with Gasteiger partial charge in [0.25, 0.3) is 0 Å². The lowest BCUT2D eigenvalue weighted by Crippen LogP contribution is -2.28. The summed E-state index contributed by atoms with van der Waals surface area (Å²) in [6, 6.07) is 8.59. The minimum atomic E-state index is 0. The van der Waals surface area contributed by atoms with Gasteiger partial charge in [0.2, 0.25) is 0 Å². The predicted octanol–water partition coefficient (Wildman–Crippen LogP) is 4.17. The molecule has 0 saturated heterocycles. The van der Waals surface area contributed by atoms with E-state index in [2.05, 4.69) is 52.5 Å². The van der Waals surface area contributed by atoms with Gasteiger partial charge >= 0.3 is 0 Å². The molecule has 3 rings (SSSR count). The summed E-state index contributed by atoms with van der Waals surface area (Å²) in [4.78, 5) is 5.91. The van der Waals surface area contributed by atoms with Crippen LogP contribution in [0.25, 0.3) is 10.9 Å². The monoisotopic (exact) mass is 290 g/mol. The largest absolute Gasteiger partial charge is 0.361 e. The Kier molecular flexibility index (Phi) is 5.69. The number of fused-ring (bicyclic) bond motifs is 1. The number of aromatic amines is 1. The molecule has 0 aliphatic carbocycles. The summed E-state index contributed by atoms with van der Waals surface area (Å²) in [7, 11) is 0. The van der Waals surface area contributed by atoms with Crippen molar-refractivity contribution in [2.24, 2.45) is 0 Å². The molecule has 1 aliphatic rings. The molecule has 0 atom stereocenters. The van der Waals surface area contributed by atoms with Crippen LogP contribution in [0.15, 0.2) is 42.6 Å². The van der Waals surface area contributed by atoms with Crippen LogP contribution in [0.5, 0.6) is 0 Å². The van der Waals surface area contributed by atoms with E-state index in [1.807, 2.05) is 0 Å². The normalized spacial score (nSPS) is 15.4. The van der Waals surface area contributed by atoms with E-state index in [0.717, 1.165) is 6.54 Å². The third kappa shape index (κ3) is 3.65. The maximum absolute atomic E-state index is 3.36. The minimum Gasteiger partial charge on any atom is -0.361 e. The van der Waals surface area contributed by atoms with Gasteiger partial charge in [-0.3, -0.25) is 4.90 Å². The first kappa shape index (κ1) is 15.1. The maximum Gasteiger partial charge on any atom is 0.0456 e. The van der Waals surface area contributed by atoms with Crippen molar-refractivity contribution in [2.45, 2.75) is 25.7 Å². The molecular weight excluding hydrogens is 268 g/mol. The van der Waals surface area contributed by atoms with Gasteiger partial charge in [-0.15, -0.1) is 12.4 Å². The Balaban J connectivity index is 0.00000147. The quantitative estimate of drug-likeness (QED) is 0.647. The van der Waals surface area contributed by atoms with E-state index in [4.69, 9.17) is 0 Å². The van der Waals surface area contributed by atoms with Gasteiger partial charge in [0.1, 0.15) is 0 Å². The SMILES string of the molecule is C1=CCN(CCCCc2c[nH]c3ccccc23)CC1.Cl. The molecule has 2 nitrogen and oxygen atoms in total. The molecule has 0 spiro atoms. The van der Waals surface area contributed by atoms with Gasteiger partial charge in [-0.05, 0) is 43.9 Å². The van der Waals surface area contributed by atoms with Crippen molar-refractivity contribution >= 4 is 23.3 Å². The number of aryl methyl sites for hydroxylation is 1. The fraction of sp³-hybridized carbons (Fsp3) is 0.412. The Morgan fingerprint density at radius 1 is 1.10 bits per heavy atom. The average molecular weight is 291 g/mol. The summed E-state index contributed by atoms with van der Waals surface area (Å²) in [6.45, 7) is 3.63. The number of para-hydroxylation sites is 1. The molecule has 2 heterocycles. The van der Waals surface area contributed by atoms with Crippen LogP contribution in [-0.2, 0) is 6.42 Å². The Labute approximate surface area is 127 Å². The Morgan fingerprint density at radius 2 is 2.00 bits per heavy atom. The number of H-pyrrole nitrogens is 1. The fourth-order valence-electron chi connectivity index (χ4n) is 2.88. The third-order valence-electron chi connectivity index (χ3n) is 3.99. The first-order valence-corrected chi connectivity index (χ1v) is 7.36. The van der Waals surface area contributed by atoms with E-state index < -0.39 is 0 Å². The molecule has 0 fully saturated rings. The van der Waals surface area contributed by atoms with Crippen molar-refractivity contribution in [3.05, 3.63) is 48.2 Å².